The maximum Gasteiger partial charge on any atom is 0.257 e. The zero-order valence-corrected chi connectivity index (χ0v) is 17.7. The minimum absolute atomic E-state index is 0.0828. The summed E-state index contributed by atoms with van der Waals surface area (Å²) in [4.78, 5) is 18.8. The molecule has 30 heavy (non-hydrogen) atoms. The van der Waals surface area contributed by atoms with Crippen molar-refractivity contribution in [2.75, 3.05) is 7.05 Å². The first-order valence-electron chi connectivity index (χ1n) is 9.48. The van der Waals surface area contributed by atoms with Crippen LogP contribution in [0.15, 0.2) is 67.4 Å². The zero-order valence-electron chi connectivity index (χ0n) is 16.9. The Labute approximate surface area is 179 Å². The van der Waals surface area contributed by atoms with Gasteiger partial charge in [-0.05, 0) is 55.8 Å². The van der Waals surface area contributed by atoms with E-state index in [1.165, 1.54) is 6.33 Å². The van der Waals surface area contributed by atoms with Crippen LogP contribution in [0, 0.1) is 6.92 Å². The van der Waals surface area contributed by atoms with Gasteiger partial charge in [0.2, 0.25) is 0 Å². The lowest BCUT2D eigenvalue weighted by Crippen LogP contribution is -2.30. The maximum absolute atomic E-state index is 13.2. The molecule has 2 aromatic heterocycles. The molecule has 4 rings (SSSR count). The molecule has 0 N–H and O–H groups in total. The fraction of sp³-hybridized carbons (Fsp3) is 0.182. The monoisotopic (exact) mass is 420 g/mol. The van der Waals surface area contributed by atoms with Gasteiger partial charge in [-0.15, -0.1) is 0 Å². The van der Waals surface area contributed by atoms with Gasteiger partial charge in [0.15, 0.2) is 0 Å². The molecule has 0 bridgehead atoms. The third-order valence-corrected chi connectivity index (χ3v) is 5.52. The van der Waals surface area contributed by atoms with E-state index in [4.69, 9.17) is 11.6 Å². The van der Waals surface area contributed by atoms with Crippen LogP contribution in [0.1, 0.15) is 34.6 Å². The van der Waals surface area contributed by atoms with Gasteiger partial charge in [0.25, 0.3) is 5.91 Å². The Morgan fingerprint density at radius 1 is 1.03 bits per heavy atom. The highest BCUT2D eigenvalue weighted by Crippen LogP contribution is 2.24. The molecule has 0 fully saturated rings. The fourth-order valence-corrected chi connectivity index (χ4v) is 3.42. The Bertz CT molecular complexity index is 1150. The molecule has 152 valence electrons. The molecule has 2 aromatic carbocycles. The fourth-order valence-electron chi connectivity index (χ4n) is 3.30. The Kier molecular flexibility index (Phi) is 5.37. The summed E-state index contributed by atoms with van der Waals surface area (Å²) < 4.78 is 3.44. The molecule has 4 aromatic rings. The van der Waals surface area contributed by atoms with Crippen molar-refractivity contribution in [2.45, 2.75) is 19.9 Å². The molecule has 1 amide bonds. The van der Waals surface area contributed by atoms with E-state index >= 15 is 0 Å². The van der Waals surface area contributed by atoms with Crippen molar-refractivity contribution in [1.29, 1.82) is 0 Å². The Hall–Kier alpha value is -3.45. The van der Waals surface area contributed by atoms with Crippen molar-refractivity contribution >= 4 is 17.5 Å². The molecule has 0 saturated heterocycles. The standard InChI is InChI=1S/C22H21ClN6O/c1-15(17-4-8-19(9-5-17)28-14-24-13-26-28)27(3)22(30)21-12-25-29(16(21)2)20-10-6-18(23)7-11-20/h4-15H,1-3H3. The van der Waals surface area contributed by atoms with Crippen LogP contribution in [0.4, 0.5) is 0 Å². The van der Waals surface area contributed by atoms with Crippen molar-refractivity contribution in [2.24, 2.45) is 0 Å². The predicted molar refractivity (Wildman–Crippen MR) is 115 cm³/mol. The van der Waals surface area contributed by atoms with Crippen LogP contribution < -0.4 is 0 Å². The number of carbonyl (C=O) groups excluding carboxylic acids is 1. The van der Waals surface area contributed by atoms with Gasteiger partial charge < -0.3 is 4.90 Å². The maximum atomic E-state index is 13.2. The number of benzene rings is 2. The lowest BCUT2D eigenvalue weighted by atomic mass is 10.1. The highest BCUT2D eigenvalue weighted by molar-refractivity contribution is 6.30. The number of halogens is 1. The molecule has 0 aliphatic rings. The van der Waals surface area contributed by atoms with Crippen molar-refractivity contribution in [3.8, 4) is 11.4 Å². The Morgan fingerprint density at radius 2 is 1.70 bits per heavy atom. The second-order valence-electron chi connectivity index (χ2n) is 7.06. The molecule has 0 aliphatic carbocycles. The zero-order chi connectivity index (χ0) is 21.3. The van der Waals surface area contributed by atoms with E-state index in [0.717, 1.165) is 22.6 Å². The van der Waals surface area contributed by atoms with Gasteiger partial charge in [0.1, 0.15) is 12.7 Å². The molecule has 1 unspecified atom stereocenters. The highest BCUT2D eigenvalue weighted by atomic mass is 35.5. The van der Waals surface area contributed by atoms with Gasteiger partial charge in [-0.1, -0.05) is 23.7 Å². The summed E-state index contributed by atoms with van der Waals surface area (Å²) >= 11 is 5.97. The summed E-state index contributed by atoms with van der Waals surface area (Å²) in [6.07, 6.45) is 4.76. The van der Waals surface area contributed by atoms with Gasteiger partial charge in [-0.3, -0.25) is 4.79 Å². The quantitative estimate of drug-likeness (QED) is 0.484. The van der Waals surface area contributed by atoms with Crippen LogP contribution in [0.2, 0.25) is 5.02 Å². The average molecular weight is 421 g/mol. The van der Waals surface area contributed by atoms with Crippen molar-refractivity contribution in [1.82, 2.24) is 29.4 Å². The topological polar surface area (TPSA) is 68.8 Å². The van der Waals surface area contributed by atoms with Crippen LogP contribution in [0.3, 0.4) is 0 Å². The summed E-state index contributed by atoms with van der Waals surface area (Å²) in [7, 11) is 1.80. The predicted octanol–water partition coefficient (Wildman–Crippen LogP) is 4.25. The average Bonchev–Trinajstić information content (AvgIpc) is 3.43. The normalized spacial score (nSPS) is 12.0. The second kappa shape index (κ2) is 8.12. The molecule has 0 radical (unpaired) electrons. The minimum Gasteiger partial charge on any atom is -0.335 e. The third-order valence-electron chi connectivity index (χ3n) is 5.27. The lowest BCUT2D eigenvalue weighted by molar-refractivity contribution is 0.0742. The van der Waals surface area contributed by atoms with Gasteiger partial charge in [-0.25, -0.2) is 14.3 Å². The van der Waals surface area contributed by atoms with Crippen LogP contribution in [-0.2, 0) is 0 Å². The summed E-state index contributed by atoms with van der Waals surface area (Å²) in [5, 5.41) is 9.19. The molecule has 1 atom stereocenters. The first kappa shape index (κ1) is 19.8. The summed E-state index contributed by atoms with van der Waals surface area (Å²) in [5.74, 6) is -0.0828. The van der Waals surface area contributed by atoms with Crippen LogP contribution in [0.5, 0.6) is 0 Å². The Balaban J connectivity index is 1.54. The smallest absolute Gasteiger partial charge is 0.257 e. The molecule has 8 heteroatoms. The molecule has 7 nitrogen and oxygen atoms in total. The van der Waals surface area contributed by atoms with Gasteiger partial charge in [-0.2, -0.15) is 10.2 Å². The summed E-state index contributed by atoms with van der Waals surface area (Å²) in [5.41, 5.74) is 4.15. The number of hydrogen-bond donors (Lipinski definition) is 0. The number of rotatable bonds is 5. The van der Waals surface area contributed by atoms with E-state index in [1.54, 1.807) is 46.0 Å². The molecular formula is C22H21ClN6O. The first-order valence-corrected chi connectivity index (χ1v) is 9.86. The van der Waals surface area contributed by atoms with E-state index in [1.807, 2.05) is 50.2 Å². The van der Waals surface area contributed by atoms with E-state index < -0.39 is 0 Å². The summed E-state index contributed by atoms with van der Waals surface area (Å²) in [6.45, 7) is 3.89. The SMILES string of the molecule is Cc1c(C(=O)N(C)C(C)c2ccc(-n3cncn3)cc2)cnn1-c1ccc(Cl)cc1. The minimum atomic E-state index is -0.111. The summed E-state index contributed by atoms with van der Waals surface area (Å²) in [6, 6.07) is 15.2. The highest BCUT2D eigenvalue weighted by Gasteiger charge is 2.23. The van der Waals surface area contributed by atoms with Crippen LogP contribution >= 0.6 is 11.6 Å². The van der Waals surface area contributed by atoms with Crippen molar-refractivity contribution in [3.63, 3.8) is 0 Å². The largest absolute Gasteiger partial charge is 0.335 e. The molecule has 0 saturated carbocycles. The van der Waals surface area contributed by atoms with Crippen molar-refractivity contribution in [3.05, 3.63) is 89.2 Å². The molecule has 0 aliphatic heterocycles. The van der Waals surface area contributed by atoms with E-state index in [0.29, 0.717) is 10.6 Å². The molecular weight excluding hydrogens is 400 g/mol. The van der Waals surface area contributed by atoms with Crippen molar-refractivity contribution < 1.29 is 4.79 Å². The first-order chi connectivity index (χ1) is 14.5. The number of hydrogen-bond acceptors (Lipinski definition) is 4. The van der Waals surface area contributed by atoms with Gasteiger partial charge >= 0.3 is 0 Å². The second-order valence-corrected chi connectivity index (χ2v) is 7.49. The van der Waals surface area contributed by atoms with Gasteiger partial charge in [0, 0.05) is 12.1 Å². The Morgan fingerprint density at radius 3 is 2.33 bits per heavy atom. The van der Waals surface area contributed by atoms with E-state index in [2.05, 4.69) is 15.2 Å². The number of amides is 1. The number of carbonyl (C=O) groups is 1. The van der Waals surface area contributed by atoms with E-state index in [9.17, 15) is 4.79 Å². The lowest BCUT2D eigenvalue weighted by Gasteiger charge is -2.25. The molecule has 0 spiro atoms. The van der Waals surface area contributed by atoms with E-state index in [-0.39, 0.29) is 11.9 Å². The number of aromatic nitrogens is 5. The van der Waals surface area contributed by atoms with Crippen LogP contribution in [0.25, 0.3) is 11.4 Å². The molecule has 2 heterocycles. The van der Waals surface area contributed by atoms with Crippen LogP contribution in [-0.4, -0.2) is 42.4 Å². The third kappa shape index (κ3) is 3.71. The number of nitrogens with zero attached hydrogens (tertiary/aromatic N) is 6. The van der Waals surface area contributed by atoms with Gasteiger partial charge in [0.05, 0.1) is 34.9 Å².